The fourth-order valence-corrected chi connectivity index (χ4v) is 4.05. The van der Waals surface area contributed by atoms with Gasteiger partial charge in [-0.25, -0.2) is 0 Å². The van der Waals surface area contributed by atoms with Crippen LogP contribution >= 0.6 is 39.0 Å². The summed E-state index contributed by atoms with van der Waals surface area (Å²) in [7, 11) is 0. The summed E-state index contributed by atoms with van der Waals surface area (Å²) in [4.78, 5) is 14.3. The average molecular weight is 352 g/mol. The Morgan fingerprint density at radius 3 is 2.58 bits per heavy atom. The zero-order valence-corrected chi connectivity index (χ0v) is 13.3. The van der Waals surface area contributed by atoms with Gasteiger partial charge in [-0.1, -0.05) is 0 Å². The van der Waals surface area contributed by atoms with Crippen LogP contribution in [0, 0.1) is 0 Å². The van der Waals surface area contributed by atoms with Crippen LogP contribution in [-0.2, 0) is 0 Å². The van der Waals surface area contributed by atoms with Gasteiger partial charge in [0.05, 0.1) is 5.69 Å². The van der Waals surface area contributed by atoms with Crippen LogP contribution in [0.15, 0.2) is 55.9 Å². The molecule has 0 aliphatic rings. The maximum Gasteiger partial charge on any atom is 0.256 e. The van der Waals surface area contributed by atoms with Crippen LogP contribution in [0.4, 0.5) is 0 Å². The number of pyridine rings is 1. The minimum Gasteiger partial charge on any atom is -0.269 e. The van der Waals surface area contributed by atoms with E-state index in [0.29, 0.717) is 0 Å². The van der Waals surface area contributed by atoms with E-state index >= 15 is 0 Å². The third-order valence-corrected chi connectivity index (χ3v) is 5.59. The molecule has 0 saturated carbocycles. The van der Waals surface area contributed by atoms with Crippen molar-refractivity contribution in [2.75, 3.05) is 6.26 Å². The number of rotatable bonds is 2. The Balaban J connectivity index is 2.28. The Morgan fingerprint density at radius 1 is 1.16 bits per heavy atom. The second-order valence-electron chi connectivity index (χ2n) is 4.01. The van der Waals surface area contributed by atoms with Crippen molar-refractivity contribution in [3.05, 3.63) is 56.6 Å². The second-order valence-corrected chi connectivity index (χ2v) is 6.60. The van der Waals surface area contributed by atoms with E-state index in [-0.39, 0.29) is 5.56 Å². The van der Waals surface area contributed by atoms with Gasteiger partial charge in [0, 0.05) is 26.2 Å². The van der Waals surface area contributed by atoms with Crippen LogP contribution in [0.2, 0.25) is 0 Å². The van der Waals surface area contributed by atoms with Crippen LogP contribution < -0.4 is 5.56 Å². The van der Waals surface area contributed by atoms with Gasteiger partial charge in [0.2, 0.25) is 0 Å². The number of benzene rings is 1. The van der Waals surface area contributed by atoms with Gasteiger partial charge < -0.3 is 0 Å². The van der Waals surface area contributed by atoms with Crippen molar-refractivity contribution < 1.29 is 0 Å². The summed E-state index contributed by atoms with van der Waals surface area (Å²) in [6, 6.07) is 11.5. The standard InChI is InChI=1S/C14H10BrNOS2/c1-18-10-4-2-9(3-5-10)16-13(17)7-6-11-12(15)8-19-14(11)16/h2-8H,1H3. The van der Waals surface area contributed by atoms with Gasteiger partial charge in [-0.15, -0.1) is 23.1 Å². The van der Waals surface area contributed by atoms with Crippen LogP contribution in [0.3, 0.4) is 0 Å². The molecule has 2 nitrogen and oxygen atoms in total. The summed E-state index contributed by atoms with van der Waals surface area (Å²) in [5.41, 5.74) is 0.904. The number of thiophene rings is 1. The van der Waals surface area contributed by atoms with E-state index in [0.717, 1.165) is 20.4 Å². The SMILES string of the molecule is CSc1ccc(-n2c(=O)ccc3c(Br)csc32)cc1. The zero-order chi connectivity index (χ0) is 13.4. The van der Waals surface area contributed by atoms with Crippen molar-refractivity contribution in [2.24, 2.45) is 0 Å². The second kappa shape index (κ2) is 5.15. The summed E-state index contributed by atoms with van der Waals surface area (Å²) in [6.45, 7) is 0. The molecule has 19 heavy (non-hydrogen) atoms. The predicted molar refractivity (Wildman–Crippen MR) is 86.9 cm³/mol. The lowest BCUT2D eigenvalue weighted by molar-refractivity contribution is 1.05. The van der Waals surface area contributed by atoms with E-state index in [1.54, 1.807) is 33.7 Å². The fourth-order valence-electron chi connectivity index (χ4n) is 1.97. The molecule has 0 saturated heterocycles. The summed E-state index contributed by atoms with van der Waals surface area (Å²) in [5.74, 6) is 0. The summed E-state index contributed by atoms with van der Waals surface area (Å²) in [5, 5.41) is 3.08. The maximum absolute atomic E-state index is 12.1. The van der Waals surface area contributed by atoms with Crippen molar-refractivity contribution >= 4 is 49.2 Å². The molecule has 0 spiro atoms. The van der Waals surface area contributed by atoms with Crippen molar-refractivity contribution in [1.82, 2.24) is 4.57 Å². The molecule has 0 aliphatic carbocycles. The van der Waals surface area contributed by atoms with E-state index in [9.17, 15) is 4.79 Å². The van der Waals surface area contributed by atoms with E-state index < -0.39 is 0 Å². The molecule has 2 aromatic heterocycles. The largest absolute Gasteiger partial charge is 0.269 e. The molecule has 0 fully saturated rings. The lowest BCUT2D eigenvalue weighted by Crippen LogP contribution is -2.16. The number of hydrogen-bond acceptors (Lipinski definition) is 3. The van der Waals surface area contributed by atoms with E-state index in [1.165, 1.54) is 4.90 Å². The van der Waals surface area contributed by atoms with E-state index in [4.69, 9.17) is 0 Å². The van der Waals surface area contributed by atoms with Gasteiger partial charge in [-0.05, 0) is 52.5 Å². The molecular formula is C14H10BrNOS2. The van der Waals surface area contributed by atoms with Crippen molar-refractivity contribution in [3.8, 4) is 5.69 Å². The molecule has 3 aromatic rings. The molecule has 0 atom stereocenters. The number of nitrogens with zero attached hydrogens (tertiary/aromatic N) is 1. The Bertz CT molecular complexity index is 789. The molecule has 2 heterocycles. The summed E-state index contributed by atoms with van der Waals surface area (Å²) >= 11 is 6.78. The van der Waals surface area contributed by atoms with Crippen LogP contribution in [0.25, 0.3) is 15.9 Å². The zero-order valence-electron chi connectivity index (χ0n) is 10.1. The topological polar surface area (TPSA) is 22.0 Å². The lowest BCUT2D eigenvalue weighted by atomic mass is 10.3. The van der Waals surface area contributed by atoms with Crippen molar-refractivity contribution in [3.63, 3.8) is 0 Å². The quantitative estimate of drug-likeness (QED) is 0.632. The molecule has 5 heteroatoms. The number of hydrogen-bond donors (Lipinski definition) is 0. The van der Waals surface area contributed by atoms with Gasteiger partial charge in [-0.2, -0.15) is 0 Å². The van der Waals surface area contributed by atoms with E-state index in [1.807, 2.05) is 42.0 Å². The molecule has 96 valence electrons. The summed E-state index contributed by atoms with van der Waals surface area (Å²) < 4.78 is 2.79. The highest BCUT2D eigenvalue weighted by Crippen LogP contribution is 2.30. The molecule has 0 aliphatic heterocycles. The molecule has 3 rings (SSSR count). The van der Waals surface area contributed by atoms with Gasteiger partial charge >= 0.3 is 0 Å². The Labute approximate surface area is 127 Å². The van der Waals surface area contributed by atoms with Gasteiger partial charge in [0.1, 0.15) is 4.83 Å². The number of aromatic nitrogens is 1. The minimum absolute atomic E-state index is 0.00116. The highest BCUT2D eigenvalue weighted by atomic mass is 79.9. The van der Waals surface area contributed by atoms with Gasteiger partial charge in [-0.3, -0.25) is 9.36 Å². The first kappa shape index (κ1) is 13.0. The Morgan fingerprint density at radius 2 is 1.89 bits per heavy atom. The molecule has 0 N–H and O–H groups in total. The maximum atomic E-state index is 12.1. The van der Waals surface area contributed by atoms with Crippen molar-refractivity contribution in [2.45, 2.75) is 4.90 Å². The first-order valence-corrected chi connectivity index (χ1v) is 8.53. The number of fused-ring (bicyclic) bond motifs is 1. The highest BCUT2D eigenvalue weighted by Gasteiger charge is 2.09. The van der Waals surface area contributed by atoms with E-state index in [2.05, 4.69) is 15.9 Å². The Kier molecular flexibility index (Phi) is 3.52. The molecule has 0 unspecified atom stereocenters. The number of halogens is 1. The molecular weight excluding hydrogens is 342 g/mol. The smallest absolute Gasteiger partial charge is 0.256 e. The molecule has 0 bridgehead atoms. The van der Waals surface area contributed by atoms with Crippen LogP contribution in [-0.4, -0.2) is 10.8 Å². The lowest BCUT2D eigenvalue weighted by Gasteiger charge is -2.07. The van der Waals surface area contributed by atoms with Crippen molar-refractivity contribution in [1.29, 1.82) is 0 Å². The van der Waals surface area contributed by atoms with Gasteiger partial charge in [0.25, 0.3) is 5.56 Å². The fraction of sp³-hybridized carbons (Fsp3) is 0.0714. The highest BCUT2D eigenvalue weighted by molar-refractivity contribution is 9.10. The van der Waals surface area contributed by atoms with Crippen LogP contribution in [0.5, 0.6) is 0 Å². The molecule has 1 aromatic carbocycles. The monoisotopic (exact) mass is 351 g/mol. The third kappa shape index (κ3) is 2.26. The van der Waals surface area contributed by atoms with Gasteiger partial charge in [0.15, 0.2) is 0 Å². The first-order valence-electron chi connectivity index (χ1n) is 5.64. The number of thioether (sulfide) groups is 1. The first-order chi connectivity index (χ1) is 9.20. The average Bonchev–Trinajstić information content (AvgIpc) is 2.80. The Hall–Kier alpha value is -1.04. The summed E-state index contributed by atoms with van der Waals surface area (Å²) in [6.07, 6.45) is 2.04. The third-order valence-electron chi connectivity index (χ3n) is 2.91. The normalized spacial score (nSPS) is 11.1. The predicted octanol–water partition coefficient (Wildman–Crippen LogP) is 4.54. The molecule has 0 radical (unpaired) electrons. The molecule has 0 amide bonds. The van der Waals surface area contributed by atoms with Crippen LogP contribution in [0.1, 0.15) is 0 Å². The minimum atomic E-state index is -0.00116.